The Bertz CT molecular complexity index is 883. The van der Waals surface area contributed by atoms with Gasteiger partial charge in [-0.25, -0.2) is 9.67 Å². The zero-order chi connectivity index (χ0) is 17.3. The molecule has 0 saturated carbocycles. The van der Waals surface area contributed by atoms with Crippen LogP contribution >= 0.6 is 0 Å². The minimum absolute atomic E-state index is 0.0158. The Labute approximate surface area is 141 Å². The van der Waals surface area contributed by atoms with Crippen molar-refractivity contribution in [3.63, 3.8) is 0 Å². The molecule has 0 aliphatic rings. The van der Waals surface area contributed by atoms with Gasteiger partial charge in [-0.1, -0.05) is 18.2 Å². The van der Waals surface area contributed by atoms with Crippen LogP contribution in [0.4, 0.5) is 5.69 Å². The smallest absolute Gasteiger partial charge is 0.259 e. The molecule has 0 N–H and O–H groups in total. The van der Waals surface area contributed by atoms with Gasteiger partial charge in [0.25, 0.3) is 5.91 Å². The topological polar surface area (TPSA) is 51.0 Å². The number of amides is 1. The highest BCUT2D eigenvalue weighted by atomic mass is 16.2. The van der Waals surface area contributed by atoms with Gasteiger partial charge < -0.3 is 4.90 Å². The third-order valence-electron chi connectivity index (χ3n) is 4.16. The molecule has 3 aromatic rings. The summed E-state index contributed by atoms with van der Waals surface area (Å²) in [5.74, 6) is -0.0158. The summed E-state index contributed by atoms with van der Waals surface area (Å²) in [7, 11) is 0. The van der Waals surface area contributed by atoms with E-state index in [1.807, 2.05) is 68.8 Å². The van der Waals surface area contributed by atoms with Gasteiger partial charge in [0.15, 0.2) is 5.65 Å². The second kappa shape index (κ2) is 6.43. The van der Waals surface area contributed by atoms with Crippen LogP contribution in [0.3, 0.4) is 0 Å². The summed E-state index contributed by atoms with van der Waals surface area (Å²) in [6.45, 7) is 9.19. The van der Waals surface area contributed by atoms with Gasteiger partial charge in [-0.2, -0.15) is 5.10 Å². The normalized spacial score (nSPS) is 11.0. The lowest BCUT2D eigenvalue weighted by molar-refractivity contribution is 0.0989. The molecule has 3 rings (SSSR count). The van der Waals surface area contributed by atoms with Crippen LogP contribution in [0.2, 0.25) is 0 Å². The Morgan fingerprint density at radius 2 is 1.88 bits per heavy atom. The number of hydrogen-bond donors (Lipinski definition) is 0. The Morgan fingerprint density at radius 1 is 1.17 bits per heavy atom. The number of nitrogens with zero attached hydrogens (tertiary/aromatic N) is 4. The maximum atomic E-state index is 13.3. The van der Waals surface area contributed by atoms with Crippen molar-refractivity contribution in [2.45, 2.75) is 34.2 Å². The molecule has 0 saturated heterocycles. The summed E-state index contributed by atoms with van der Waals surface area (Å²) in [6.07, 6.45) is 0. The summed E-state index contributed by atoms with van der Waals surface area (Å²) >= 11 is 0. The van der Waals surface area contributed by atoms with Crippen molar-refractivity contribution in [3.8, 4) is 0 Å². The summed E-state index contributed by atoms with van der Waals surface area (Å²) in [5, 5.41) is 5.38. The number of rotatable bonds is 4. The van der Waals surface area contributed by atoms with Crippen molar-refractivity contribution in [2.24, 2.45) is 0 Å². The first kappa shape index (κ1) is 16.2. The average molecular weight is 322 g/mol. The average Bonchev–Trinajstić information content (AvgIpc) is 2.91. The van der Waals surface area contributed by atoms with Crippen LogP contribution in [0.1, 0.15) is 35.6 Å². The molecule has 5 heteroatoms. The Balaban J connectivity index is 2.18. The molecule has 2 heterocycles. The molecule has 124 valence electrons. The van der Waals surface area contributed by atoms with E-state index in [0.29, 0.717) is 12.1 Å². The van der Waals surface area contributed by atoms with Crippen molar-refractivity contribution in [1.29, 1.82) is 0 Å². The van der Waals surface area contributed by atoms with Crippen LogP contribution in [-0.4, -0.2) is 27.2 Å². The Kier molecular flexibility index (Phi) is 4.34. The number of benzene rings is 1. The molecular formula is C19H22N4O. The molecule has 0 radical (unpaired) electrons. The predicted octanol–water partition coefficient (Wildman–Crippen LogP) is 3.73. The minimum atomic E-state index is -0.0158. The maximum Gasteiger partial charge on any atom is 0.259 e. The van der Waals surface area contributed by atoms with E-state index in [0.717, 1.165) is 34.7 Å². The number of carbonyl (C=O) groups excluding carboxylic acids is 1. The van der Waals surface area contributed by atoms with Gasteiger partial charge >= 0.3 is 0 Å². The molecule has 0 aliphatic carbocycles. The van der Waals surface area contributed by atoms with E-state index in [1.165, 1.54) is 0 Å². The van der Waals surface area contributed by atoms with Gasteiger partial charge in [-0.15, -0.1) is 0 Å². The molecule has 1 aromatic carbocycles. The van der Waals surface area contributed by atoms with Crippen LogP contribution < -0.4 is 4.90 Å². The monoisotopic (exact) mass is 322 g/mol. The fourth-order valence-electron chi connectivity index (χ4n) is 3.06. The number of aryl methyl sites for hydroxylation is 3. The largest absolute Gasteiger partial charge is 0.309 e. The number of pyridine rings is 1. The summed E-state index contributed by atoms with van der Waals surface area (Å²) in [6, 6.07) is 11.6. The van der Waals surface area contributed by atoms with Crippen LogP contribution in [-0.2, 0) is 6.54 Å². The Morgan fingerprint density at radius 3 is 2.50 bits per heavy atom. The molecule has 5 nitrogen and oxygen atoms in total. The van der Waals surface area contributed by atoms with Gasteiger partial charge in [0, 0.05) is 24.5 Å². The van der Waals surface area contributed by atoms with Crippen molar-refractivity contribution >= 4 is 22.6 Å². The second-order valence-electron chi connectivity index (χ2n) is 5.80. The molecular weight excluding hydrogens is 300 g/mol. The summed E-state index contributed by atoms with van der Waals surface area (Å²) < 4.78 is 1.85. The molecule has 0 atom stereocenters. The second-order valence-corrected chi connectivity index (χ2v) is 5.80. The lowest BCUT2D eigenvalue weighted by Crippen LogP contribution is -2.31. The highest BCUT2D eigenvalue weighted by Crippen LogP contribution is 2.25. The molecule has 0 aliphatic heterocycles. The van der Waals surface area contributed by atoms with E-state index in [9.17, 15) is 4.79 Å². The highest BCUT2D eigenvalue weighted by Gasteiger charge is 2.22. The molecule has 0 unspecified atom stereocenters. The SMILES string of the molecule is CCN(C(=O)c1cc(C)nc2c1c(C)nn2CC)c1ccccc1. The van der Waals surface area contributed by atoms with Crippen LogP contribution in [0, 0.1) is 13.8 Å². The highest BCUT2D eigenvalue weighted by molar-refractivity contribution is 6.13. The van der Waals surface area contributed by atoms with Gasteiger partial charge in [-0.3, -0.25) is 4.79 Å². The van der Waals surface area contributed by atoms with Gasteiger partial charge in [0.2, 0.25) is 0 Å². The van der Waals surface area contributed by atoms with Gasteiger partial charge in [-0.05, 0) is 45.9 Å². The van der Waals surface area contributed by atoms with Crippen LogP contribution in [0.5, 0.6) is 0 Å². The zero-order valence-electron chi connectivity index (χ0n) is 14.6. The lowest BCUT2D eigenvalue weighted by atomic mass is 10.1. The maximum absolute atomic E-state index is 13.3. The number of para-hydroxylation sites is 1. The van der Waals surface area contributed by atoms with E-state index < -0.39 is 0 Å². The van der Waals surface area contributed by atoms with Crippen LogP contribution in [0.25, 0.3) is 11.0 Å². The quantitative estimate of drug-likeness (QED) is 0.735. The van der Waals surface area contributed by atoms with Crippen molar-refractivity contribution in [3.05, 3.63) is 53.3 Å². The van der Waals surface area contributed by atoms with Crippen molar-refractivity contribution in [1.82, 2.24) is 14.8 Å². The number of aromatic nitrogens is 3. The van der Waals surface area contributed by atoms with Crippen LogP contribution in [0.15, 0.2) is 36.4 Å². The minimum Gasteiger partial charge on any atom is -0.309 e. The number of fused-ring (bicyclic) bond motifs is 1. The zero-order valence-corrected chi connectivity index (χ0v) is 14.6. The third kappa shape index (κ3) is 2.66. The molecule has 1 amide bonds. The fourth-order valence-corrected chi connectivity index (χ4v) is 3.06. The molecule has 0 fully saturated rings. The van der Waals surface area contributed by atoms with E-state index in [4.69, 9.17) is 0 Å². The number of anilines is 1. The summed E-state index contributed by atoms with van der Waals surface area (Å²) in [4.78, 5) is 19.6. The predicted molar refractivity (Wildman–Crippen MR) is 96.5 cm³/mol. The molecule has 0 spiro atoms. The fraction of sp³-hybridized carbons (Fsp3) is 0.316. The van der Waals surface area contributed by atoms with Gasteiger partial charge in [0.1, 0.15) is 0 Å². The molecule has 2 aromatic heterocycles. The van der Waals surface area contributed by atoms with Crippen molar-refractivity contribution in [2.75, 3.05) is 11.4 Å². The van der Waals surface area contributed by atoms with E-state index in [2.05, 4.69) is 10.1 Å². The van der Waals surface area contributed by atoms with E-state index in [-0.39, 0.29) is 5.91 Å². The standard InChI is InChI=1S/C19H22N4O/c1-5-22(15-10-8-7-9-11-15)19(24)16-12-13(3)20-18-17(16)14(4)21-23(18)6-2/h7-12H,5-6H2,1-4H3. The lowest BCUT2D eigenvalue weighted by Gasteiger charge is -2.21. The van der Waals surface area contributed by atoms with Gasteiger partial charge in [0.05, 0.1) is 16.6 Å². The first-order valence-electron chi connectivity index (χ1n) is 8.28. The summed E-state index contributed by atoms with van der Waals surface area (Å²) in [5.41, 5.74) is 4.01. The number of hydrogen-bond acceptors (Lipinski definition) is 3. The van der Waals surface area contributed by atoms with E-state index >= 15 is 0 Å². The number of carbonyl (C=O) groups is 1. The third-order valence-corrected chi connectivity index (χ3v) is 4.16. The molecule has 24 heavy (non-hydrogen) atoms. The van der Waals surface area contributed by atoms with Crippen molar-refractivity contribution < 1.29 is 4.79 Å². The van der Waals surface area contributed by atoms with E-state index in [1.54, 1.807) is 4.90 Å². The Hall–Kier alpha value is -2.69. The first-order chi connectivity index (χ1) is 11.6. The first-order valence-corrected chi connectivity index (χ1v) is 8.28. The molecule has 0 bridgehead atoms.